The molecule has 25 heavy (non-hydrogen) atoms. The molecule has 3 saturated heterocycles. The van der Waals surface area contributed by atoms with Gasteiger partial charge in [0, 0.05) is 26.2 Å². The molecule has 0 aliphatic carbocycles. The molecule has 1 aromatic carbocycles. The lowest BCUT2D eigenvalue weighted by Gasteiger charge is -2.35. The lowest BCUT2D eigenvalue weighted by molar-refractivity contribution is 0.0984. The highest BCUT2D eigenvalue weighted by molar-refractivity contribution is 5.93. The Kier molecular flexibility index (Phi) is 4.52. The van der Waals surface area contributed by atoms with Crippen LogP contribution in [0.3, 0.4) is 0 Å². The Morgan fingerprint density at radius 1 is 1.24 bits per heavy atom. The van der Waals surface area contributed by atoms with Gasteiger partial charge in [0.15, 0.2) is 0 Å². The van der Waals surface area contributed by atoms with Crippen LogP contribution in [0.25, 0.3) is 0 Å². The van der Waals surface area contributed by atoms with E-state index in [9.17, 15) is 9.18 Å². The molecule has 136 valence electrons. The van der Waals surface area contributed by atoms with E-state index in [2.05, 4.69) is 27.5 Å². The van der Waals surface area contributed by atoms with Gasteiger partial charge in [-0.3, -0.25) is 0 Å². The minimum Gasteiger partial charge on any atom is -0.373 e. The van der Waals surface area contributed by atoms with E-state index in [1.54, 1.807) is 6.07 Å². The zero-order valence-corrected chi connectivity index (χ0v) is 14.5. The van der Waals surface area contributed by atoms with Crippen molar-refractivity contribution in [1.29, 1.82) is 0 Å². The summed E-state index contributed by atoms with van der Waals surface area (Å²) in [5.41, 5.74) is 1.39. The van der Waals surface area contributed by atoms with Crippen LogP contribution in [0, 0.1) is 5.82 Å². The number of carbonyl (C=O) groups is 1. The van der Waals surface area contributed by atoms with E-state index in [4.69, 9.17) is 4.74 Å². The Balaban J connectivity index is 1.44. The van der Waals surface area contributed by atoms with Gasteiger partial charge in [0.2, 0.25) is 0 Å². The zero-order valence-electron chi connectivity index (χ0n) is 14.5. The summed E-state index contributed by atoms with van der Waals surface area (Å²) in [5, 5.41) is 5.84. The SMILES string of the molecule is CN1CCN(c2ccc(F)cc2NC(=O)NC2CC3CCC2O3)CC1. The zero-order chi connectivity index (χ0) is 17.4. The average Bonchev–Trinajstić information content (AvgIpc) is 3.19. The van der Waals surface area contributed by atoms with Crippen LogP contribution < -0.4 is 15.5 Å². The topological polar surface area (TPSA) is 56.8 Å². The van der Waals surface area contributed by atoms with Crippen molar-refractivity contribution in [2.24, 2.45) is 0 Å². The van der Waals surface area contributed by atoms with Gasteiger partial charge in [-0.2, -0.15) is 0 Å². The Labute approximate surface area is 147 Å². The monoisotopic (exact) mass is 348 g/mol. The van der Waals surface area contributed by atoms with E-state index >= 15 is 0 Å². The number of likely N-dealkylation sites (N-methyl/N-ethyl adjacent to an activating group) is 1. The van der Waals surface area contributed by atoms with Crippen LogP contribution in [0.1, 0.15) is 19.3 Å². The number of amides is 2. The van der Waals surface area contributed by atoms with Crippen molar-refractivity contribution in [3.8, 4) is 0 Å². The molecule has 1 aromatic rings. The second-order valence-electron chi connectivity index (χ2n) is 7.27. The molecular formula is C18H25FN4O2. The summed E-state index contributed by atoms with van der Waals surface area (Å²) >= 11 is 0. The maximum atomic E-state index is 13.7. The molecule has 7 heteroatoms. The predicted molar refractivity (Wildman–Crippen MR) is 94.6 cm³/mol. The van der Waals surface area contributed by atoms with Crippen LogP contribution in [0.2, 0.25) is 0 Å². The molecule has 0 radical (unpaired) electrons. The second kappa shape index (κ2) is 6.80. The lowest BCUT2D eigenvalue weighted by Crippen LogP contribution is -2.45. The molecule has 3 aliphatic rings. The molecule has 3 heterocycles. The number of hydrogen-bond acceptors (Lipinski definition) is 4. The first kappa shape index (κ1) is 16.6. The molecule has 0 spiro atoms. The first-order valence-corrected chi connectivity index (χ1v) is 9.04. The van der Waals surface area contributed by atoms with Crippen molar-refractivity contribution >= 4 is 17.4 Å². The fraction of sp³-hybridized carbons (Fsp3) is 0.611. The van der Waals surface area contributed by atoms with Gasteiger partial charge < -0.3 is 25.2 Å². The van der Waals surface area contributed by atoms with Gasteiger partial charge in [0.1, 0.15) is 5.82 Å². The number of ether oxygens (including phenoxy) is 1. The molecule has 2 N–H and O–H groups in total. The van der Waals surface area contributed by atoms with E-state index in [1.807, 2.05) is 0 Å². The summed E-state index contributed by atoms with van der Waals surface area (Å²) in [6.07, 6.45) is 3.36. The Bertz CT molecular complexity index is 648. The van der Waals surface area contributed by atoms with Crippen LogP contribution >= 0.6 is 0 Å². The predicted octanol–water partition coefficient (Wildman–Crippen LogP) is 2.02. The fourth-order valence-corrected chi connectivity index (χ4v) is 4.05. The molecule has 3 atom stereocenters. The Hall–Kier alpha value is -1.86. The number of hydrogen-bond donors (Lipinski definition) is 2. The lowest BCUT2D eigenvalue weighted by atomic mass is 9.96. The third kappa shape index (κ3) is 3.57. The highest BCUT2D eigenvalue weighted by Crippen LogP contribution is 2.34. The van der Waals surface area contributed by atoms with Gasteiger partial charge in [0.05, 0.1) is 29.6 Å². The van der Waals surface area contributed by atoms with Crippen molar-refractivity contribution in [3.63, 3.8) is 0 Å². The maximum Gasteiger partial charge on any atom is 0.319 e. The highest BCUT2D eigenvalue weighted by Gasteiger charge is 2.41. The number of benzene rings is 1. The highest BCUT2D eigenvalue weighted by atomic mass is 19.1. The molecule has 4 rings (SSSR count). The minimum absolute atomic E-state index is 0.0550. The molecule has 0 saturated carbocycles. The van der Waals surface area contributed by atoms with E-state index < -0.39 is 0 Å². The fourth-order valence-electron chi connectivity index (χ4n) is 4.05. The van der Waals surface area contributed by atoms with Gasteiger partial charge in [0.25, 0.3) is 0 Å². The van der Waals surface area contributed by atoms with Gasteiger partial charge >= 0.3 is 6.03 Å². The normalized spacial score (nSPS) is 29.0. The minimum atomic E-state index is -0.351. The molecule has 3 aliphatic heterocycles. The largest absolute Gasteiger partial charge is 0.373 e. The molecule has 6 nitrogen and oxygen atoms in total. The number of urea groups is 1. The Morgan fingerprint density at radius 2 is 2.04 bits per heavy atom. The quantitative estimate of drug-likeness (QED) is 0.878. The number of rotatable bonds is 3. The van der Waals surface area contributed by atoms with Gasteiger partial charge in [-0.25, -0.2) is 9.18 Å². The summed E-state index contributed by atoms with van der Waals surface area (Å²) in [7, 11) is 2.09. The number of nitrogens with one attached hydrogen (secondary N) is 2. The number of carbonyl (C=O) groups excluding carboxylic acids is 1. The van der Waals surface area contributed by atoms with E-state index in [0.717, 1.165) is 51.1 Å². The summed E-state index contributed by atoms with van der Waals surface area (Å²) in [4.78, 5) is 16.9. The van der Waals surface area contributed by atoms with Crippen molar-refractivity contribution in [3.05, 3.63) is 24.0 Å². The summed E-state index contributed by atoms with van der Waals surface area (Å²) in [6.45, 7) is 3.62. The first-order chi connectivity index (χ1) is 12.1. The van der Waals surface area contributed by atoms with Gasteiger partial charge in [-0.1, -0.05) is 0 Å². The van der Waals surface area contributed by atoms with Crippen molar-refractivity contribution in [2.75, 3.05) is 43.4 Å². The van der Waals surface area contributed by atoms with Crippen LogP contribution in [0.4, 0.5) is 20.6 Å². The van der Waals surface area contributed by atoms with Crippen molar-refractivity contribution < 1.29 is 13.9 Å². The van der Waals surface area contributed by atoms with Gasteiger partial charge in [-0.05, 0) is 44.5 Å². The number of halogens is 1. The van der Waals surface area contributed by atoms with Crippen molar-refractivity contribution in [2.45, 2.75) is 37.5 Å². The third-order valence-corrected chi connectivity index (χ3v) is 5.47. The first-order valence-electron chi connectivity index (χ1n) is 9.04. The van der Waals surface area contributed by atoms with Crippen LogP contribution in [0.15, 0.2) is 18.2 Å². The summed E-state index contributed by atoms with van der Waals surface area (Å²) in [5.74, 6) is -0.351. The molecule has 3 unspecified atom stereocenters. The third-order valence-electron chi connectivity index (χ3n) is 5.47. The summed E-state index contributed by atoms with van der Waals surface area (Å²) < 4.78 is 19.5. The maximum absolute atomic E-state index is 13.7. The van der Waals surface area contributed by atoms with E-state index in [-0.39, 0.29) is 30.1 Å². The standard InChI is InChI=1S/C18H25FN4O2/c1-22-6-8-23(9-7-22)16-4-2-12(19)10-14(16)20-18(24)21-15-11-13-3-5-17(15)25-13/h2,4,10,13,15,17H,3,5-9,11H2,1H3,(H2,20,21,24). The molecular weight excluding hydrogens is 323 g/mol. The average molecular weight is 348 g/mol. The van der Waals surface area contributed by atoms with Gasteiger partial charge in [-0.15, -0.1) is 0 Å². The van der Waals surface area contributed by atoms with E-state index in [0.29, 0.717) is 5.69 Å². The number of fused-ring (bicyclic) bond motifs is 2. The number of nitrogens with zero attached hydrogens (tertiary/aromatic N) is 2. The van der Waals surface area contributed by atoms with Crippen molar-refractivity contribution in [1.82, 2.24) is 10.2 Å². The molecule has 2 amide bonds. The van der Waals surface area contributed by atoms with E-state index in [1.165, 1.54) is 12.1 Å². The smallest absolute Gasteiger partial charge is 0.319 e. The molecule has 3 fully saturated rings. The van der Waals surface area contributed by atoms with Crippen LogP contribution in [-0.4, -0.2) is 62.4 Å². The molecule has 0 aromatic heterocycles. The number of piperazine rings is 1. The Morgan fingerprint density at radius 3 is 2.72 bits per heavy atom. The summed E-state index contributed by atoms with van der Waals surface area (Å²) in [6, 6.07) is 4.35. The number of anilines is 2. The van der Waals surface area contributed by atoms with Crippen LogP contribution in [0.5, 0.6) is 0 Å². The molecule has 2 bridgehead atoms. The van der Waals surface area contributed by atoms with Crippen LogP contribution in [-0.2, 0) is 4.74 Å². The second-order valence-corrected chi connectivity index (χ2v) is 7.27.